The zero-order valence-corrected chi connectivity index (χ0v) is 10.7. The van der Waals surface area contributed by atoms with E-state index < -0.39 is 6.61 Å². The van der Waals surface area contributed by atoms with Crippen molar-refractivity contribution in [1.82, 2.24) is 5.32 Å². The van der Waals surface area contributed by atoms with Crippen LogP contribution in [0.25, 0.3) is 0 Å². The van der Waals surface area contributed by atoms with Gasteiger partial charge in [-0.1, -0.05) is 12.1 Å². The Kier molecular flexibility index (Phi) is 6.60. The van der Waals surface area contributed by atoms with Crippen molar-refractivity contribution in [1.29, 1.82) is 0 Å². The minimum Gasteiger partial charge on any atom is -0.435 e. The van der Waals surface area contributed by atoms with Crippen LogP contribution in [0.2, 0.25) is 0 Å². The van der Waals surface area contributed by atoms with Gasteiger partial charge in [0.05, 0.1) is 0 Å². The molecular formula is C13H19F2NO2. The Morgan fingerprint density at radius 3 is 2.44 bits per heavy atom. The average molecular weight is 259 g/mol. The van der Waals surface area contributed by atoms with Gasteiger partial charge in [-0.25, -0.2) is 0 Å². The van der Waals surface area contributed by atoms with Gasteiger partial charge in [-0.05, 0) is 31.0 Å². The van der Waals surface area contributed by atoms with Gasteiger partial charge in [0.2, 0.25) is 0 Å². The van der Waals surface area contributed by atoms with Crippen LogP contribution in [0.4, 0.5) is 8.78 Å². The average Bonchev–Trinajstić information content (AvgIpc) is 2.35. The van der Waals surface area contributed by atoms with Crippen molar-refractivity contribution >= 4 is 0 Å². The van der Waals surface area contributed by atoms with Crippen LogP contribution in [0.1, 0.15) is 18.9 Å². The summed E-state index contributed by atoms with van der Waals surface area (Å²) in [6, 6.07) is 6.98. The first-order valence-corrected chi connectivity index (χ1v) is 5.88. The third-order valence-electron chi connectivity index (χ3n) is 2.56. The van der Waals surface area contributed by atoms with Crippen molar-refractivity contribution in [3.63, 3.8) is 0 Å². The number of nitrogens with one attached hydrogen (secondary N) is 1. The Morgan fingerprint density at radius 2 is 1.89 bits per heavy atom. The largest absolute Gasteiger partial charge is 0.435 e. The molecule has 1 aromatic carbocycles. The summed E-state index contributed by atoms with van der Waals surface area (Å²) in [4.78, 5) is 0. The third-order valence-corrected chi connectivity index (χ3v) is 2.56. The number of rotatable bonds is 8. The van der Waals surface area contributed by atoms with Gasteiger partial charge in [-0.15, -0.1) is 0 Å². The van der Waals surface area contributed by atoms with Crippen LogP contribution in [0.15, 0.2) is 24.3 Å². The molecule has 0 aliphatic rings. The summed E-state index contributed by atoms with van der Waals surface area (Å²) >= 11 is 0. The van der Waals surface area contributed by atoms with E-state index in [2.05, 4.69) is 17.0 Å². The molecule has 1 rings (SSSR count). The maximum absolute atomic E-state index is 11.9. The molecule has 1 atom stereocenters. The van der Waals surface area contributed by atoms with Crippen LogP contribution in [0.3, 0.4) is 0 Å². The highest BCUT2D eigenvalue weighted by Crippen LogP contribution is 2.14. The number of benzene rings is 1. The Hall–Kier alpha value is -1.20. The van der Waals surface area contributed by atoms with Crippen LogP contribution >= 0.6 is 0 Å². The predicted octanol–water partition coefficient (Wildman–Crippen LogP) is 2.80. The number of alkyl halides is 2. The number of hydrogen-bond acceptors (Lipinski definition) is 3. The summed E-state index contributed by atoms with van der Waals surface area (Å²) in [6.45, 7) is 0.714. The van der Waals surface area contributed by atoms with E-state index in [1.807, 2.05) is 0 Å². The SMILES string of the molecule is COCCC(C)NCc1ccc(OC(F)F)cc1. The van der Waals surface area contributed by atoms with E-state index in [-0.39, 0.29) is 5.75 Å². The molecule has 1 N–H and O–H groups in total. The fourth-order valence-corrected chi connectivity index (χ4v) is 1.48. The zero-order valence-electron chi connectivity index (χ0n) is 10.7. The second-order valence-electron chi connectivity index (χ2n) is 4.09. The molecule has 0 aliphatic heterocycles. The Balaban J connectivity index is 2.34. The van der Waals surface area contributed by atoms with Crippen LogP contribution < -0.4 is 10.1 Å². The molecular weight excluding hydrogens is 240 g/mol. The van der Waals surface area contributed by atoms with E-state index in [9.17, 15) is 8.78 Å². The number of halogens is 2. The first-order valence-electron chi connectivity index (χ1n) is 5.88. The molecule has 0 fully saturated rings. The van der Waals surface area contributed by atoms with Gasteiger partial charge < -0.3 is 14.8 Å². The Bertz CT molecular complexity index is 330. The third kappa shape index (κ3) is 5.93. The fraction of sp³-hybridized carbons (Fsp3) is 0.538. The fourth-order valence-electron chi connectivity index (χ4n) is 1.48. The molecule has 0 amide bonds. The maximum atomic E-state index is 11.9. The highest BCUT2D eigenvalue weighted by molar-refractivity contribution is 5.27. The van der Waals surface area contributed by atoms with Gasteiger partial charge >= 0.3 is 6.61 Å². The smallest absolute Gasteiger partial charge is 0.387 e. The number of methoxy groups -OCH3 is 1. The lowest BCUT2D eigenvalue weighted by atomic mass is 10.2. The first kappa shape index (κ1) is 14.9. The highest BCUT2D eigenvalue weighted by Gasteiger charge is 2.04. The topological polar surface area (TPSA) is 30.5 Å². The van der Waals surface area contributed by atoms with E-state index in [0.717, 1.165) is 18.6 Å². The van der Waals surface area contributed by atoms with Crippen molar-refractivity contribution in [2.75, 3.05) is 13.7 Å². The molecule has 5 heteroatoms. The molecule has 0 aromatic heterocycles. The van der Waals surface area contributed by atoms with Crippen molar-refractivity contribution in [3.05, 3.63) is 29.8 Å². The summed E-state index contributed by atoms with van der Waals surface area (Å²) in [5.41, 5.74) is 1.03. The molecule has 102 valence electrons. The molecule has 0 spiro atoms. The second kappa shape index (κ2) is 8.00. The molecule has 0 saturated heterocycles. The molecule has 18 heavy (non-hydrogen) atoms. The highest BCUT2D eigenvalue weighted by atomic mass is 19.3. The van der Waals surface area contributed by atoms with E-state index >= 15 is 0 Å². The monoisotopic (exact) mass is 259 g/mol. The van der Waals surface area contributed by atoms with Gasteiger partial charge in [-0.2, -0.15) is 8.78 Å². The maximum Gasteiger partial charge on any atom is 0.387 e. The van der Waals surface area contributed by atoms with Crippen LogP contribution in [0.5, 0.6) is 5.75 Å². The second-order valence-corrected chi connectivity index (χ2v) is 4.09. The first-order chi connectivity index (χ1) is 8.61. The van der Waals surface area contributed by atoms with Gasteiger partial charge in [-0.3, -0.25) is 0 Å². The minimum absolute atomic E-state index is 0.182. The number of hydrogen-bond donors (Lipinski definition) is 1. The molecule has 1 aromatic rings. The minimum atomic E-state index is -2.77. The van der Waals surface area contributed by atoms with Crippen molar-refractivity contribution in [3.8, 4) is 5.75 Å². The molecule has 1 unspecified atom stereocenters. The summed E-state index contributed by atoms with van der Waals surface area (Å²) in [5, 5.41) is 3.32. The molecule has 0 bridgehead atoms. The van der Waals surface area contributed by atoms with Crippen LogP contribution in [0, 0.1) is 0 Å². The molecule has 3 nitrogen and oxygen atoms in total. The molecule has 0 saturated carbocycles. The lowest BCUT2D eigenvalue weighted by Gasteiger charge is -2.13. The summed E-state index contributed by atoms with van der Waals surface area (Å²) in [6.07, 6.45) is 0.934. The lowest BCUT2D eigenvalue weighted by Crippen LogP contribution is -2.26. The van der Waals surface area contributed by atoms with Crippen molar-refractivity contribution in [2.45, 2.75) is 32.5 Å². The Labute approximate surface area is 106 Å². The molecule has 0 heterocycles. The van der Waals surface area contributed by atoms with Gasteiger partial charge in [0.25, 0.3) is 0 Å². The Morgan fingerprint density at radius 1 is 1.22 bits per heavy atom. The zero-order chi connectivity index (χ0) is 13.4. The van der Waals surface area contributed by atoms with Crippen LogP contribution in [-0.2, 0) is 11.3 Å². The number of ether oxygens (including phenoxy) is 2. The predicted molar refractivity (Wildman–Crippen MR) is 65.9 cm³/mol. The molecule has 0 aliphatic carbocycles. The summed E-state index contributed by atoms with van der Waals surface area (Å²) in [7, 11) is 1.68. The van der Waals surface area contributed by atoms with Gasteiger partial charge in [0, 0.05) is 26.3 Å². The van der Waals surface area contributed by atoms with E-state index in [1.54, 1.807) is 31.4 Å². The van der Waals surface area contributed by atoms with E-state index in [0.29, 0.717) is 12.6 Å². The quantitative estimate of drug-likeness (QED) is 0.778. The van der Waals surface area contributed by atoms with E-state index in [4.69, 9.17) is 4.74 Å². The lowest BCUT2D eigenvalue weighted by molar-refractivity contribution is -0.0498. The normalized spacial score (nSPS) is 12.7. The molecule has 0 radical (unpaired) electrons. The van der Waals surface area contributed by atoms with Crippen LogP contribution in [-0.4, -0.2) is 26.4 Å². The van der Waals surface area contributed by atoms with Crippen molar-refractivity contribution in [2.24, 2.45) is 0 Å². The van der Waals surface area contributed by atoms with E-state index in [1.165, 1.54) is 0 Å². The van der Waals surface area contributed by atoms with Gasteiger partial charge in [0.1, 0.15) is 5.75 Å². The van der Waals surface area contributed by atoms with Gasteiger partial charge in [0.15, 0.2) is 0 Å². The summed E-state index contributed by atoms with van der Waals surface area (Å²) < 4.78 is 33.2. The summed E-state index contributed by atoms with van der Waals surface area (Å²) in [5.74, 6) is 0.182. The van der Waals surface area contributed by atoms with Crippen molar-refractivity contribution < 1.29 is 18.3 Å². The standard InChI is InChI=1S/C13H19F2NO2/c1-10(7-8-17-2)16-9-11-3-5-12(6-4-11)18-13(14)15/h3-6,10,13,16H,7-9H2,1-2H3.